The monoisotopic (exact) mass is 180 g/mol. The Morgan fingerprint density at radius 3 is 3.15 bits per heavy atom. The van der Waals surface area contributed by atoms with E-state index in [1.165, 1.54) is 51.9 Å². The van der Waals surface area contributed by atoms with E-state index < -0.39 is 0 Å². The topological polar surface area (TPSA) is 15.3 Å². The normalized spacial score (nSPS) is 45.7. The molecule has 3 heterocycles. The summed E-state index contributed by atoms with van der Waals surface area (Å²) in [6, 6.07) is 0.942. The molecule has 2 heteroatoms. The van der Waals surface area contributed by atoms with Gasteiger partial charge in [-0.2, -0.15) is 0 Å². The van der Waals surface area contributed by atoms with Crippen molar-refractivity contribution in [2.24, 2.45) is 11.8 Å². The number of nitrogens with zero attached hydrogens (tertiary/aromatic N) is 1. The smallest absolute Gasteiger partial charge is 0.0136 e. The molecule has 0 aliphatic carbocycles. The van der Waals surface area contributed by atoms with Crippen molar-refractivity contribution in [2.45, 2.75) is 31.7 Å². The van der Waals surface area contributed by atoms with Crippen molar-refractivity contribution >= 4 is 0 Å². The van der Waals surface area contributed by atoms with Crippen LogP contribution in [0.2, 0.25) is 0 Å². The van der Waals surface area contributed by atoms with E-state index in [4.69, 9.17) is 0 Å². The van der Waals surface area contributed by atoms with Crippen molar-refractivity contribution in [2.75, 3.05) is 26.2 Å². The summed E-state index contributed by atoms with van der Waals surface area (Å²) in [6.45, 7) is 5.34. The molecule has 0 saturated carbocycles. The van der Waals surface area contributed by atoms with Gasteiger partial charge in [-0.15, -0.1) is 0 Å². The first kappa shape index (κ1) is 8.25. The van der Waals surface area contributed by atoms with Crippen molar-refractivity contribution in [1.29, 1.82) is 0 Å². The molecule has 0 spiro atoms. The molecule has 74 valence electrons. The van der Waals surface area contributed by atoms with Crippen molar-refractivity contribution in [1.82, 2.24) is 10.2 Å². The number of piperidine rings is 3. The van der Waals surface area contributed by atoms with E-state index in [-0.39, 0.29) is 0 Å². The predicted molar refractivity (Wildman–Crippen MR) is 53.7 cm³/mol. The third-order valence-electron chi connectivity index (χ3n) is 4.18. The van der Waals surface area contributed by atoms with Gasteiger partial charge in [-0.05, 0) is 50.7 Å². The van der Waals surface area contributed by atoms with E-state index in [0.29, 0.717) is 0 Å². The Morgan fingerprint density at radius 1 is 1.15 bits per heavy atom. The van der Waals surface area contributed by atoms with Crippen LogP contribution in [0.4, 0.5) is 0 Å². The highest BCUT2D eigenvalue weighted by atomic mass is 15.2. The van der Waals surface area contributed by atoms with E-state index in [9.17, 15) is 0 Å². The van der Waals surface area contributed by atoms with Crippen LogP contribution in [0.1, 0.15) is 25.7 Å². The fraction of sp³-hybridized carbons (Fsp3) is 1.00. The fourth-order valence-electron chi connectivity index (χ4n) is 3.61. The molecule has 2 bridgehead atoms. The van der Waals surface area contributed by atoms with Gasteiger partial charge in [0.2, 0.25) is 0 Å². The van der Waals surface area contributed by atoms with Crippen LogP contribution in [0.3, 0.4) is 0 Å². The summed E-state index contributed by atoms with van der Waals surface area (Å²) in [6.07, 6.45) is 5.90. The average Bonchev–Trinajstić information content (AvgIpc) is 2.18. The lowest BCUT2D eigenvalue weighted by Crippen LogP contribution is -2.58. The summed E-state index contributed by atoms with van der Waals surface area (Å²) in [5.41, 5.74) is 0. The molecule has 3 rings (SSSR count). The minimum atomic E-state index is 0.942. The third kappa shape index (κ3) is 1.40. The highest BCUT2D eigenvalue weighted by Crippen LogP contribution is 2.34. The van der Waals surface area contributed by atoms with Crippen molar-refractivity contribution in [3.63, 3.8) is 0 Å². The number of fused-ring (bicyclic) bond motifs is 4. The summed E-state index contributed by atoms with van der Waals surface area (Å²) < 4.78 is 0. The lowest BCUT2D eigenvalue weighted by Gasteiger charge is -2.50. The molecule has 3 aliphatic rings. The van der Waals surface area contributed by atoms with Gasteiger partial charge in [0.05, 0.1) is 0 Å². The Morgan fingerprint density at radius 2 is 2.15 bits per heavy atom. The summed E-state index contributed by atoms with van der Waals surface area (Å²) in [4.78, 5) is 2.78. The van der Waals surface area contributed by atoms with Crippen LogP contribution in [0, 0.1) is 11.8 Å². The Hall–Kier alpha value is -0.0800. The van der Waals surface area contributed by atoms with E-state index in [2.05, 4.69) is 10.2 Å². The van der Waals surface area contributed by atoms with E-state index in [1.807, 2.05) is 0 Å². The first-order valence-corrected chi connectivity index (χ1v) is 5.88. The van der Waals surface area contributed by atoms with Crippen molar-refractivity contribution < 1.29 is 0 Å². The second-order valence-electron chi connectivity index (χ2n) is 5.08. The van der Waals surface area contributed by atoms with Crippen LogP contribution in [-0.4, -0.2) is 37.1 Å². The van der Waals surface area contributed by atoms with Crippen LogP contribution in [-0.2, 0) is 0 Å². The fourth-order valence-corrected chi connectivity index (χ4v) is 3.61. The second kappa shape index (κ2) is 3.25. The summed E-state index contributed by atoms with van der Waals surface area (Å²) >= 11 is 0. The Kier molecular flexibility index (Phi) is 2.06. The Balaban J connectivity index is 1.77. The van der Waals surface area contributed by atoms with Gasteiger partial charge in [-0.1, -0.05) is 6.42 Å². The molecular formula is C11H20N2. The molecule has 0 radical (unpaired) electrons. The molecule has 1 N–H and O–H groups in total. The molecule has 3 fully saturated rings. The van der Waals surface area contributed by atoms with Gasteiger partial charge in [-0.3, -0.25) is 4.90 Å². The average molecular weight is 180 g/mol. The standard InChI is InChI=1S/C11H20N2/c1-2-4-13-8-9-5-10(7-12-6-9)11(13)3-1/h9-12H,1-8H2/t9-,10+,11?/m0/s1. The lowest BCUT2D eigenvalue weighted by atomic mass is 9.77. The molecule has 13 heavy (non-hydrogen) atoms. The lowest BCUT2D eigenvalue weighted by molar-refractivity contribution is 0.0109. The zero-order chi connectivity index (χ0) is 8.67. The number of hydrogen-bond acceptors (Lipinski definition) is 2. The number of hydrogen-bond donors (Lipinski definition) is 1. The largest absolute Gasteiger partial charge is 0.316 e. The minimum absolute atomic E-state index is 0.942. The second-order valence-corrected chi connectivity index (χ2v) is 5.08. The van der Waals surface area contributed by atoms with Crippen LogP contribution in [0.5, 0.6) is 0 Å². The molecule has 0 aromatic heterocycles. The van der Waals surface area contributed by atoms with Crippen LogP contribution >= 0.6 is 0 Å². The summed E-state index contributed by atoms with van der Waals surface area (Å²) in [7, 11) is 0. The molecule has 1 unspecified atom stereocenters. The molecule has 2 nitrogen and oxygen atoms in total. The molecule has 3 atom stereocenters. The first-order valence-electron chi connectivity index (χ1n) is 5.88. The zero-order valence-corrected chi connectivity index (χ0v) is 8.34. The minimum Gasteiger partial charge on any atom is -0.316 e. The van der Waals surface area contributed by atoms with Gasteiger partial charge in [0, 0.05) is 12.6 Å². The maximum Gasteiger partial charge on any atom is 0.0136 e. The van der Waals surface area contributed by atoms with Crippen molar-refractivity contribution in [3.8, 4) is 0 Å². The quantitative estimate of drug-likeness (QED) is 0.600. The molecule has 3 aliphatic heterocycles. The van der Waals surface area contributed by atoms with Gasteiger partial charge in [0.15, 0.2) is 0 Å². The molecule has 3 saturated heterocycles. The summed E-state index contributed by atoms with van der Waals surface area (Å²) in [5, 5.41) is 3.59. The number of rotatable bonds is 0. The highest BCUT2D eigenvalue weighted by Gasteiger charge is 2.38. The van der Waals surface area contributed by atoms with E-state index in [0.717, 1.165) is 17.9 Å². The van der Waals surface area contributed by atoms with Gasteiger partial charge in [-0.25, -0.2) is 0 Å². The van der Waals surface area contributed by atoms with Crippen LogP contribution in [0.25, 0.3) is 0 Å². The molecular weight excluding hydrogens is 160 g/mol. The van der Waals surface area contributed by atoms with Crippen molar-refractivity contribution in [3.05, 3.63) is 0 Å². The van der Waals surface area contributed by atoms with E-state index in [1.54, 1.807) is 0 Å². The third-order valence-corrected chi connectivity index (χ3v) is 4.18. The van der Waals surface area contributed by atoms with Crippen LogP contribution < -0.4 is 5.32 Å². The summed E-state index contributed by atoms with van der Waals surface area (Å²) in [5.74, 6) is 1.95. The maximum absolute atomic E-state index is 3.59. The van der Waals surface area contributed by atoms with Gasteiger partial charge >= 0.3 is 0 Å². The molecule has 0 aromatic carbocycles. The Bertz CT molecular complexity index is 189. The SMILES string of the molecule is C1CCN2C[C@@H]3CNC[C@@H](C3)C2C1. The van der Waals surface area contributed by atoms with Gasteiger partial charge in [0.1, 0.15) is 0 Å². The number of nitrogens with one attached hydrogen (secondary N) is 1. The van der Waals surface area contributed by atoms with Gasteiger partial charge < -0.3 is 5.32 Å². The van der Waals surface area contributed by atoms with E-state index >= 15 is 0 Å². The van der Waals surface area contributed by atoms with Gasteiger partial charge in [0.25, 0.3) is 0 Å². The highest BCUT2D eigenvalue weighted by molar-refractivity contribution is 4.94. The molecule has 0 amide bonds. The first-order chi connectivity index (χ1) is 6.43. The Labute approximate surface area is 80.7 Å². The maximum atomic E-state index is 3.59. The van der Waals surface area contributed by atoms with Crippen LogP contribution in [0.15, 0.2) is 0 Å². The molecule has 0 aromatic rings. The zero-order valence-electron chi connectivity index (χ0n) is 8.34. The predicted octanol–water partition coefficient (Wildman–Crippen LogP) is 1.08.